The minimum Gasteiger partial charge on any atom is -0.486 e. The van der Waals surface area contributed by atoms with E-state index >= 15 is 0 Å². The van der Waals surface area contributed by atoms with Gasteiger partial charge in [0, 0.05) is 13.1 Å². The van der Waals surface area contributed by atoms with Gasteiger partial charge >= 0.3 is 11.9 Å². The Bertz CT molecular complexity index is 836. The molecule has 0 bridgehead atoms. The van der Waals surface area contributed by atoms with Crippen molar-refractivity contribution < 1.29 is 23.5 Å². The van der Waals surface area contributed by atoms with Crippen LogP contribution in [-0.2, 0) is 11.4 Å². The van der Waals surface area contributed by atoms with Gasteiger partial charge in [-0.15, -0.1) is 0 Å². The first-order valence-electron chi connectivity index (χ1n) is 8.94. The Kier molecular flexibility index (Phi) is 6.15. The van der Waals surface area contributed by atoms with Gasteiger partial charge in [0.15, 0.2) is 5.76 Å². The van der Waals surface area contributed by atoms with Gasteiger partial charge in [-0.25, -0.2) is 4.79 Å². The lowest BCUT2D eigenvalue weighted by molar-refractivity contribution is -0.127. The summed E-state index contributed by atoms with van der Waals surface area (Å²) in [7, 11) is 0. The van der Waals surface area contributed by atoms with Crippen LogP contribution in [0.25, 0.3) is 0 Å². The van der Waals surface area contributed by atoms with Crippen molar-refractivity contribution in [3.05, 3.63) is 54.0 Å². The van der Waals surface area contributed by atoms with Gasteiger partial charge in [0.2, 0.25) is 5.91 Å². The van der Waals surface area contributed by atoms with E-state index in [1.54, 1.807) is 6.07 Å². The molecule has 148 valence electrons. The number of primary amides is 1. The van der Waals surface area contributed by atoms with Gasteiger partial charge < -0.3 is 19.8 Å². The lowest BCUT2D eigenvalue weighted by atomic mass is 9.98. The van der Waals surface area contributed by atoms with E-state index in [0.717, 1.165) is 0 Å². The number of ether oxygens (including phenoxy) is 1. The smallest absolute Gasteiger partial charge is 0.314 e. The molecule has 1 aromatic heterocycles. The first kappa shape index (κ1) is 19.3. The van der Waals surface area contributed by atoms with Crippen LogP contribution in [0.2, 0.25) is 0 Å². The molecule has 0 saturated carbocycles. The molecule has 1 aromatic carbocycles. The summed E-state index contributed by atoms with van der Waals surface area (Å²) < 4.78 is 11.0. The van der Waals surface area contributed by atoms with E-state index in [9.17, 15) is 14.4 Å². The number of furan rings is 1. The zero-order chi connectivity index (χ0) is 19.9. The molecule has 1 atom stereocenters. The molecule has 4 amide bonds. The van der Waals surface area contributed by atoms with E-state index in [-0.39, 0.29) is 24.8 Å². The van der Waals surface area contributed by atoms with Gasteiger partial charge in [-0.3, -0.25) is 20.4 Å². The number of rotatable bonds is 5. The van der Waals surface area contributed by atoms with Crippen molar-refractivity contribution in [1.82, 2.24) is 15.8 Å². The molecular formula is C19H22N4O5. The number of urea groups is 1. The maximum absolute atomic E-state index is 12.2. The van der Waals surface area contributed by atoms with Crippen LogP contribution >= 0.6 is 0 Å². The minimum atomic E-state index is -0.582. The number of hydrogen-bond donors (Lipinski definition) is 3. The van der Waals surface area contributed by atoms with E-state index < -0.39 is 17.9 Å². The molecule has 0 aliphatic carbocycles. The van der Waals surface area contributed by atoms with E-state index in [2.05, 4.69) is 10.9 Å². The van der Waals surface area contributed by atoms with Crippen LogP contribution in [0.3, 0.4) is 0 Å². The molecule has 3 rings (SSSR count). The quantitative estimate of drug-likeness (QED) is 0.670. The lowest BCUT2D eigenvalue weighted by Crippen LogP contribution is -2.50. The van der Waals surface area contributed by atoms with Crippen molar-refractivity contribution in [2.24, 2.45) is 11.7 Å². The molecule has 2 aromatic rings. The van der Waals surface area contributed by atoms with Crippen molar-refractivity contribution in [3.63, 3.8) is 0 Å². The second-order valence-electron chi connectivity index (χ2n) is 6.43. The van der Waals surface area contributed by atoms with Crippen LogP contribution in [0.15, 0.2) is 46.9 Å². The standard InChI is InChI=1S/C19H22N4O5/c20-19(26)23-10-4-5-13(11-23)17(24)21-22-18(25)16-9-8-15(28-16)12-27-14-6-2-1-3-7-14/h1-3,6-9,13H,4-5,10-12H2,(H2,20,26)(H,21,24)(H,22,25)/t13-/m0/s1. The normalized spacial score (nSPS) is 16.3. The van der Waals surface area contributed by atoms with Gasteiger partial charge in [-0.2, -0.15) is 0 Å². The number of carbonyl (C=O) groups excluding carboxylic acids is 3. The number of carbonyl (C=O) groups is 3. The van der Waals surface area contributed by atoms with Crippen LogP contribution in [-0.4, -0.2) is 35.8 Å². The largest absolute Gasteiger partial charge is 0.486 e. The molecule has 0 radical (unpaired) electrons. The Morgan fingerprint density at radius 2 is 1.93 bits per heavy atom. The van der Waals surface area contributed by atoms with E-state index in [1.165, 1.54) is 11.0 Å². The van der Waals surface area contributed by atoms with Gasteiger partial charge in [0.25, 0.3) is 0 Å². The van der Waals surface area contributed by atoms with Crippen molar-refractivity contribution in [2.45, 2.75) is 19.4 Å². The Morgan fingerprint density at radius 3 is 2.68 bits per heavy atom. The van der Waals surface area contributed by atoms with Crippen LogP contribution < -0.4 is 21.3 Å². The van der Waals surface area contributed by atoms with Gasteiger partial charge in [0.1, 0.15) is 18.1 Å². The molecule has 1 aliphatic heterocycles. The minimum absolute atomic E-state index is 0.0503. The van der Waals surface area contributed by atoms with Gasteiger partial charge in [-0.1, -0.05) is 18.2 Å². The predicted molar refractivity (Wildman–Crippen MR) is 99.0 cm³/mol. The monoisotopic (exact) mass is 386 g/mol. The fourth-order valence-corrected chi connectivity index (χ4v) is 2.92. The number of hydrogen-bond acceptors (Lipinski definition) is 5. The highest BCUT2D eigenvalue weighted by molar-refractivity contribution is 5.93. The lowest BCUT2D eigenvalue weighted by Gasteiger charge is -2.30. The third kappa shape index (κ3) is 5.03. The van der Waals surface area contributed by atoms with Gasteiger partial charge in [0.05, 0.1) is 5.92 Å². The number of hydrazine groups is 1. The van der Waals surface area contributed by atoms with Gasteiger partial charge in [-0.05, 0) is 37.1 Å². The maximum Gasteiger partial charge on any atom is 0.314 e. The summed E-state index contributed by atoms with van der Waals surface area (Å²) in [6.07, 6.45) is 1.30. The van der Waals surface area contributed by atoms with Crippen LogP contribution in [0.4, 0.5) is 4.79 Å². The molecule has 9 heteroatoms. The number of nitrogens with zero attached hydrogens (tertiary/aromatic N) is 1. The highest BCUT2D eigenvalue weighted by Crippen LogP contribution is 2.16. The molecule has 0 unspecified atom stereocenters. The Labute approximate surface area is 161 Å². The molecular weight excluding hydrogens is 364 g/mol. The fraction of sp³-hybridized carbons (Fsp3) is 0.316. The topological polar surface area (TPSA) is 127 Å². The average molecular weight is 386 g/mol. The van der Waals surface area contributed by atoms with Crippen molar-refractivity contribution in [2.75, 3.05) is 13.1 Å². The number of nitrogens with one attached hydrogen (secondary N) is 2. The second kappa shape index (κ2) is 8.94. The summed E-state index contributed by atoms with van der Waals surface area (Å²) in [6.45, 7) is 0.944. The summed E-state index contributed by atoms with van der Waals surface area (Å²) in [4.78, 5) is 37.0. The first-order chi connectivity index (χ1) is 13.5. The average Bonchev–Trinajstić information content (AvgIpc) is 3.20. The zero-order valence-corrected chi connectivity index (χ0v) is 15.2. The molecule has 1 saturated heterocycles. The SMILES string of the molecule is NC(=O)N1CCC[C@H](C(=O)NNC(=O)c2ccc(COc3ccccc3)o2)C1. The predicted octanol–water partition coefficient (Wildman–Crippen LogP) is 1.41. The third-order valence-electron chi connectivity index (χ3n) is 4.41. The number of para-hydroxylation sites is 1. The summed E-state index contributed by atoms with van der Waals surface area (Å²) in [5.41, 5.74) is 9.94. The summed E-state index contributed by atoms with van der Waals surface area (Å²) in [5, 5.41) is 0. The summed E-state index contributed by atoms with van der Waals surface area (Å²) in [5.74, 6) is -0.165. The molecule has 4 N–H and O–H groups in total. The molecule has 1 aliphatic rings. The molecule has 0 spiro atoms. The molecule has 1 fully saturated rings. The first-order valence-corrected chi connectivity index (χ1v) is 8.94. The summed E-state index contributed by atoms with van der Waals surface area (Å²) >= 11 is 0. The third-order valence-corrected chi connectivity index (χ3v) is 4.41. The number of nitrogens with two attached hydrogens (primary N) is 1. The van der Waals surface area contributed by atoms with Crippen molar-refractivity contribution in [1.29, 1.82) is 0 Å². The fourth-order valence-electron chi connectivity index (χ4n) is 2.92. The zero-order valence-electron chi connectivity index (χ0n) is 15.2. The van der Waals surface area contributed by atoms with Crippen molar-refractivity contribution in [3.8, 4) is 5.75 Å². The Hall–Kier alpha value is -3.49. The van der Waals surface area contributed by atoms with Crippen LogP contribution in [0.1, 0.15) is 29.2 Å². The number of amides is 4. The highest BCUT2D eigenvalue weighted by Gasteiger charge is 2.27. The number of piperidine rings is 1. The second-order valence-corrected chi connectivity index (χ2v) is 6.43. The Morgan fingerprint density at radius 1 is 1.14 bits per heavy atom. The number of benzene rings is 1. The van der Waals surface area contributed by atoms with Crippen LogP contribution in [0.5, 0.6) is 5.75 Å². The Balaban J connectivity index is 1.46. The molecule has 2 heterocycles. The number of likely N-dealkylation sites (tertiary alicyclic amines) is 1. The summed E-state index contributed by atoms with van der Waals surface area (Å²) in [6, 6.07) is 11.8. The van der Waals surface area contributed by atoms with Crippen LogP contribution in [0, 0.1) is 5.92 Å². The molecule has 9 nitrogen and oxygen atoms in total. The van der Waals surface area contributed by atoms with E-state index in [4.69, 9.17) is 14.9 Å². The van der Waals surface area contributed by atoms with E-state index in [1.807, 2.05) is 30.3 Å². The van der Waals surface area contributed by atoms with E-state index in [0.29, 0.717) is 30.9 Å². The molecule has 28 heavy (non-hydrogen) atoms. The highest BCUT2D eigenvalue weighted by atomic mass is 16.5. The van der Waals surface area contributed by atoms with Crippen molar-refractivity contribution >= 4 is 17.8 Å². The maximum atomic E-state index is 12.2.